The molecule has 0 saturated carbocycles. The number of amides is 1. The van der Waals surface area contributed by atoms with Crippen molar-refractivity contribution in [1.29, 1.82) is 0 Å². The van der Waals surface area contributed by atoms with Crippen LogP contribution in [0, 0.1) is 0 Å². The number of nitrogens with one attached hydrogen (secondary N) is 1. The van der Waals surface area contributed by atoms with Crippen LogP contribution in [0.1, 0.15) is 17.4 Å². The van der Waals surface area contributed by atoms with Crippen molar-refractivity contribution in [2.24, 2.45) is 0 Å². The Balaban J connectivity index is 2.75. The van der Waals surface area contributed by atoms with E-state index in [0.717, 1.165) is 6.54 Å². The van der Waals surface area contributed by atoms with Gasteiger partial charge in [-0.3, -0.25) is 9.78 Å². The Bertz CT molecular complexity index is 380. The summed E-state index contributed by atoms with van der Waals surface area (Å²) in [5.74, 6) is 0.532. The summed E-state index contributed by atoms with van der Waals surface area (Å²) in [5, 5.41) is 3.03. The highest BCUT2D eigenvalue weighted by Crippen LogP contribution is 2.13. The normalized spacial score (nSPS) is 12.0. The topological polar surface area (TPSA) is 54.5 Å². The second-order valence-electron chi connectivity index (χ2n) is 4.06. The van der Waals surface area contributed by atoms with E-state index in [9.17, 15) is 4.79 Å². The molecule has 0 aliphatic carbocycles. The lowest BCUT2D eigenvalue weighted by atomic mass is 10.3. The quantitative estimate of drug-likeness (QED) is 0.822. The summed E-state index contributed by atoms with van der Waals surface area (Å²) in [7, 11) is 5.26. The van der Waals surface area contributed by atoms with Gasteiger partial charge in [0.1, 0.15) is 17.5 Å². The zero-order chi connectivity index (χ0) is 12.8. The Morgan fingerprint density at radius 3 is 2.88 bits per heavy atom. The van der Waals surface area contributed by atoms with Gasteiger partial charge in [-0.1, -0.05) is 0 Å². The van der Waals surface area contributed by atoms with Crippen molar-refractivity contribution >= 4 is 5.91 Å². The number of hydrogen-bond acceptors (Lipinski definition) is 4. The molecule has 1 N–H and O–H groups in total. The van der Waals surface area contributed by atoms with E-state index in [1.807, 2.05) is 14.0 Å². The second kappa shape index (κ2) is 6.20. The van der Waals surface area contributed by atoms with Crippen molar-refractivity contribution in [1.82, 2.24) is 15.2 Å². The first kappa shape index (κ1) is 13.4. The van der Waals surface area contributed by atoms with Crippen molar-refractivity contribution in [3.8, 4) is 5.75 Å². The van der Waals surface area contributed by atoms with Gasteiger partial charge in [0.05, 0.1) is 0 Å². The van der Waals surface area contributed by atoms with E-state index in [-0.39, 0.29) is 12.0 Å². The molecule has 5 nitrogen and oxygen atoms in total. The standard InChI is InChI=1S/C12H19N3O2/c1-9(8-13-2)17-10-5-6-14-11(7-10)12(16)15(3)4/h5-7,9,13H,8H2,1-4H3. The van der Waals surface area contributed by atoms with Crippen LogP contribution in [-0.4, -0.2) is 49.6 Å². The van der Waals surface area contributed by atoms with Crippen molar-refractivity contribution in [2.75, 3.05) is 27.7 Å². The van der Waals surface area contributed by atoms with Crippen LogP contribution < -0.4 is 10.1 Å². The third kappa shape index (κ3) is 4.03. The highest BCUT2D eigenvalue weighted by atomic mass is 16.5. The lowest BCUT2D eigenvalue weighted by Crippen LogP contribution is -2.26. The molecule has 0 fully saturated rings. The molecule has 0 aliphatic heterocycles. The van der Waals surface area contributed by atoms with Crippen LogP contribution in [0.15, 0.2) is 18.3 Å². The molecule has 17 heavy (non-hydrogen) atoms. The fourth-order valence-electron chi connectivity index (χ4n) is 1.39. The van der Waals surface area contributed by atoms with Crippen LogP contribution in [0.5, 0.6) is 5.75 Å². The number of rotatable bonds is 5. The Morgan fingerprint density at radius 2 is 2.29 bits per heavy atom. The fraction of sp³-hybridized carbons (Fsp3) is 0.500. The molecule has 0 bridgehead atoms. The third-order valence-corrected chi connectivity index (χ3v) is 2.19. The highest BCUT2D eigenvalue weighted by Gasteiger charge is 2.11. The molecule has 1 atom stereocenters. The molecule has 1 unspecified atom stereocenters. The first-order chi connectivity index (χ1) is 8.04. The molecule has 5 heteroatoms. The number of carbonyl (C=O) groups is 1. The number of nitrogens with zero attached hydrogens (tertiary/aromatic N) is 2. The number of aromatic nitrogens is 1. The first-order valence-corrected chi connectivity index (χ1v) is 5.53. The number of hydrogen-bond donors (Lipinski definition) is 1. The van der Waals surface area contributed by atoms with E-state index in [2.05, 4.69) is 10.3 Å². The van der Waals surface area contributed by atoms with E-state index in [1.165, 1.54) is 4.90 Å². The summed E-state index contributed by atoms with van der Waals surface area (Å²) in [5.41, 5.74) is 0.393. The van der Waals surface area contributed by atoms with E-state index in [4.69, 9.17) is 4.74 Å². The molecule has 1 amide bonds. The van der Waals surface area contributed by atoms with E-state index >= 15 is 0 Å². The monoisotopic (exact) mass is 237 g/mol. The van der Waals surface area contributed by atoms with Gasteiger partial charge in [0.15, 0.2) is 0 Å². The maximum absolute atomic E-state index is 11.7. The van der Waals surface area contributed by atoms with Gasteiger partial charge in [-0.15, -0.1) is 0 Å². The van der Waals surface area contributed by atoms with Crippen LogP contribution in [0.3, 0.4) is 0 Å². The van der Waals surface area contributed by atoms with E-state index < -0.39 is 0 Å². The molecule has 1 rings (SSSR count). The molecule has 0 saturated heterocycles. The van der Waals surface area contributed by atoms with Gasteiger partial charge in [-0.05, 0) is 20.0 Å². The van der Waals surface area contributed by atoms with Crippen LogP contribution in [0.2, 0.25) is 0 Å². The molecule has 0 spiro atoms. The zero-order valence-electron chi connectivity index (χ0n) is 10.7. The van der Waals surface area contributed by atoms with Gasteiger partial charge in [0, 0.05) is 32.9 Å². The minimum Gasteiger partial charge on any atom is -0.489 e. The lowest BCUT2D eigenvalue weighted by molar-refractivity contribution is 0.0821. The third-order valence-electron chi connectivity index (χ3n) is 2.19. The van der Waals surface area contributed by atoms with Crippen LogP contribution >= 0.6 is 0 Å². The van der Waals surface area contributed by atoms with E-state index in [1.54, 1.807) is 32.4 Å². The van der Waals surface area contributed by atoms with Crippen LogP contribution in [0.4, 0.5) is 0 Å². The summed E-state index contributed by atoms with van der Waals surface area (Å²) in [6.45, 7) is 2.71. The summed E-state index contributed by atoms with van der Waals surface area (Å²) in [6, 6.07) is 3.41. The molecule has 94 valence electrons. The molecule has 0 aromatic carbocycles. The fourth-order valence-corrected chi connectivity index (χ4v) is 1.39. The van der Waals surface area contributed by atoms with Gasteiger partial charge < -0.3 is 15.0 Å². The van der Waals surface area contributed by atoms with Gasteiger partial charge in [0.2, 0.25) is 0 Å². The van der Waals surface area contributed by atoms with Crippen molar-refractivity contribution in [3.05, 3.63) is 24.0 Å². The van der Waals surface area contributed by atoms with Gasteiger partial charge in [0.25, 0.3) is 5.91 Å². The number of carbonyl (C=O) groups excluding carboxylic acids is 1. The molecule has 0 aliphatic rings. The Labute approximate surface area is 102 Å². The molecule has 0 radical (unpaired) electrons. The predicted molar refractivity (Wildman–Crippen MR) is 66.3 cm³/mol. The van der Waals surface area contributed by atoms with Crippen molar-refractivity contribution < 1.29 is 9.53 Å². The first-order valence-electron chi connectivity index (χ1n) is 5.53. The SMILES string of the molecule is CNCC(C)Oc1ccnc(C(=O)N(C)C)c1. The molecule has 1 aromatic rings. The largest absolute Gasteiger partial charge is 0.489 e. The predicted octanol–water partition coefficient (Wildman–Crippen LogP) is 0.770. The average molecular weight is 237 g/mol. The minimum absolute atomic E-state index is 0.0460. The van der Waals surface area contributed by atoms with Crippen LogP contribution in [-0.2, 0) is 0 Å². The Hall–Kier alpha value is -1.62. The number of pyridine rings is 1. The Kier molecular flexibility index (Phi) is 4.90. The second-order valence-corrected chi connectivity index (χ2v) is 4.06. The van der Waals surface area contributed by atoms with Crippen molar-refractivity contribution in [3.63, 3.8) is 0 Å². The summed E-state index contributed by atoms with van der Waals surface area (Å²) < 4.78 is 5.65. The summed E-state index contributed by atoms with van der Waals surface area (Å²) in [6.07, 6.45) is 1.63. The summed E-state index contributed by atoms with van der Waals surface area (Å²) in [4.78, 5) is 17.2. The van der Waals surface area contributed by atoms with Crippen LogP contribution in [0.25, 0.3) is 0 Å². The summed E-state index contributed by atoms with van der Waals surface area (Å²) >= 11 is 0. The smallest absolute Gasteiger partial charge is 0.272 e. The lowest BCUT2D eigenvalue weighted by Gasteiger charge is -2.15. The number of ether oxygens (including phenoxy) is 1. The molecule has 1 aromatic heterocycles. The Morgan fingerprint density at radius 1 is 1.59 bits per heavy atom. The molecular weight excluding hydrogens is 218 g/mol. The average Bonchev–Trinajstić information content (AvgIpc) is 2.28. The van der Waals surface area contributed by atoms with Gasteiger partial charge in [-0.25, -0.2) is 0 Å². The minimum atomic E-state index is -0.128. The molecular formula is C12H19N3O2. The van der Waals surface area contributed by atoms with Crippen molar-refractivity contribution in [2.45, 2.75) is 13.0 Å². The number of likely N-dealkylation sites (N-methyl/N-ethyl adjacent to an activating group) is 1. The maximum atomic E-state index is 11.7. The molecule has 1 heterocycles. The van der Waals surface area contributed by atoms with E-state index in [0.29, 0.717) is 11.4 Å². The van der Waals surface area contributed by atoms with Gasteiger partial charge in [-0.2, -0.15) is 0 Å². The zero-order valence-corrected chi connectivity index (χ0v) is 10.7. The highest BCUT2D eigenvalue weighted by molar-refractivity contribution is 5.92. The maximum Gasteiger partial charge on any atom is 0.272 e. The van der Waals surface area contributed by atoms with Gasteiger partial charge >= 0.3 is 0 Å².